The summed E-state index contributed by atoms with van der Waals surface area (Å²) in [5.41, 5.74) is 0.254. The summed E-state index contributed by atoms with van der Waals surface area (Å²) < 4.78 is 57.2. The number of aromatic nitrogens is 3. The number of hydrogen-bond acceptors (Lipinski definition) is 14. The molecule has 4 heterocycles. The van der Waals surface area contributed by atoms with E-state index in [0.29, 0.717) is 31.3 Å². The Labute approximate surface area is 410 Å². The SMILES string of the molecule is CC(C)N(C)[C@@H]1CC[C@H](N2CC[C@H](Nc3ncnc4ccc(C(F)(F)F)cc34)C2=O)[C@H](NC(=O)COCCNC(=O)CCOCCNC(=O)CCOCCNC(=O)[C@H]2CC(=O)N(C)[C@@H]2c2cccnc2)C1. The first-order valence-electron chi connectivity index (χ1n) is 24.1. The predicted molar refractivity (Wildman–Crippen MR) is 253 cm³/mol. The third kappa shape index (κ3) is 15.2. The van der Waals surface area contributed by atoms with Crippen molar-refractivity contribution in [3.8, 4) is 0 Å². The Morgan fingerprint density at radius 1 is 0.873 bits per heavy atom. The number of amides is 6. The first kappa shape index (κ1) is 54.3. The number of nitrogens with zero attached hydrogens (tertiary/aromatic N) is 6. The van der Waals surface area contributed by atoms with Crippen LogP contribution in [0.25, 0.3) is 10.9 Å². The molecule has 3 fully saturated rings. The molecule has 6 atom stereocenters. The second-order valence-electron chi connectivity index (χ2n) is 18.3. The zero-order valence-electron chi connectivity index (χ0n) is 40.7. The minimum absolute atomic E-state index is 0.0745. The summed E-state index contributed by atoms with van der Waals surface area (Å²) >= 11 is 0. The number of nitrogens with one attached hydrogen (secondary N) is 5. The number of fused-ring (bicyclic) bond motifs is 1. The fourth-order valence-corrected chi connectivity index (χ4v) is 9.27. The van der Waals surface area contributed by atoms with Gasteiger partial charge in [0.15, 0.2) is 0 Å². The molecular formula is C48H66F3N11O9. The number of hydrogen-bond donors (Lipinski definition) is 5. The van der Waals surface area contributed by atoms with E-state index < -0.39 is 35.8 Å². The summed E-state index contributed by atoms with van der Waals surface area (Å²) in [5, 5.41) is 14.6. The summed E-state index contributed by atoms with van der Waals surface area (Å²) in [6.45, 7) is 5.66. The minimum atomic E-state index is -4.56. The molecule has 0 unspecified atom stereocenters. The van der Waals surface area contributed by atoms with E-state index in [-0.39, 0.29) is 143 Å². The van der Waals surface area contributed by atoms with Gasteiger partial charge in [0.25, 0.3) is 0 Å². The molecule has 0 radical (unpaired) electrons. The molecule has 1 aliphatic carbocycles. The van der Waals surface area contributed by atoms with Gasteiger partial charge in [0.1, 0.15) is 24.8 Å². The number of ether oxygens (including phenoxy) is 3. The van der Waals surface area contributed by atoms with Gasteiger partial charge in [-0.2, -0.15) is 13.2 Å². The van der Waals surface area contributed by atoms with E-state index in [2.05, 4.69) is 60.3 Å². The van der Waals surface area contributed by atoms with Crippen LogP contribution >= 0.6 is 0 Å². The Morgan fingerprint density at radius 3 is 2.23 bits per heavy atom. The molecule has 71 heavy (non-hydrogen) atoms. The lowest BCUT2D eigenvalue weighted by molar-refractivity contribution is -0.137. The lowest BCUT2D eigenvalue weighted by Crippen LogP contribution is -2.59. The van der Waals surface area contributed by atoms with Crippen molar-refractivity contribution >= 4 is 52.2 Å². The highest BCUT2D eigenvalue weighted by Gasteiger charge is 2.44. The van der Waals surface area contributed by atoms with Crippen LogP contribution in [0.1, 0.15) is 76.0 Å². The number of alkyl halides is 3. The maximum absolute atomic E-state index is 13.9. The van der Waals surface area contributed by atoms with E-state index in [4.69, 9.17) is 14.2 Å². The second kappa shape index (κ2) is 25.9. The van der Waals surface area contributed by atoms with Crippen molar-refractivity contribution < 1.29 is 56.1 Å². The highest BCUT2D eigenvalue weighted by Crippen LogP contribution is 2.37. The molecule has 5 N–H and O–H groups in total. The summed E-state index contributed by atoms with van der Waals surface area (Å²) in [6.07, 6.45) is 2.66. The summed E-state index contributed by atoms with van der Waals surface area (Å²) in [5.74, 6) is -1.89. The number of benzene rings is 1. The lowest BCUT2D eigenvalue weighted by Gasteiger charge is -2.44. The van der Waals surface area contributed by atoms with Gasteiger partial charge in [-0.1, -0.05) is 6.07 Å². The molecule has 1 aromatic carbocycles. The molecule has 2 aliphatic heterocycles. The van der Waals surface area contributed by atoms with Crippen LogP contribution in [0.3, 0.4) is 0 Å². The van der Waals surface area contributed by atoms with Crippen molar-refractivity contribution in [2.75, 3.05) is 85.2 Å². The molecule has 2 saturated heterocycles. The van der Waals surface area contributed by atoms with Crippen molar-refractivity contribution in [3.05, 3.63) is 60.2 Å². The number of rotatable bonds is 25. The predicted octanol–water partition coefficient (Wildman–Crippen LogP) is 2.20. The number of halogens is 3. The summed E-state index contributed by atoms with van der Waals surface area (Å²) in [4.78, 5) is 94.9. The van der Waals surface area contributed by atoms with Crippen LogP contribution in [0, 0.1) is 5.92 Å². The zero-order chi connectivity index (χ0) is 51.1. The Morgan fingerprint density at radius 2 is 1.56 bits per heavy atom. The lowest BCUT2D eigenvalue weighted by atomic mass is 9.84. The van der Waals surface area contributed by atoms with Gasteiger partial charge in [0, 0.05) is 82.4 Å². The first-order chi connectivity index (χ1) is 34.0. The minimum Gasteiger partial charge on any atom is -0.379 e. The van der Waals surface area contributed by atoms with Crippen LogP contribution < -0.4 is 26.6 Å². The molecule has 3 aromatic rings. The van der Waals surface area contributed by atoms with E-state index >= 15 is 0 Å². The Kier molecular flexibility index (Phi) is 19.8. The fraction of sp³-hybridized carbons (Fsp3) is 0.604. The molecule has 6 amide bonds. The summed E-state index contributed by atoms with van der Waals surface area (Å²) in [7, 11) is 3.71. The number of carbonyl (C=O) groups is 6. The smallest absolute Gasteiger partial charge is 0.379 e. The standard InChI is InChI=1S/C48H66F3N11O9/c1-30(2)60(3)33-8-10-39(62-18-11-37(47(62)68)59-45-34-24-32(48(49,50)51)7-9-36(34)56-29-57-45)38(25-33)58-42(65)28-71-23-16-54-41(64)12-19-69-21-15-53-40(63)13-20-70-22-17-55-46(67)35-26-43(66)61(4)44(35)31-6-5-14-52-27-31/h5-7,9,14,24,27,29-30,33,35,37-39,44H,8,10-13,15-23,25-26,28H2,1-4H3,(H,53,63)(H,54,64)(H,55,67)(H,58,65)(H,56,57,59)/t33-,35+,37+,38-,39+,44-/m1/s1. The van der Waals surface area contributed by atoms with Gasteiger partial charge in [-0.25, -0.2) is 9.97 Å². The number of likely N-dealkylation sites (tertiary alicyclic amines) is 2. The van der Waals surface area contributed by atoms with Crippen molar-refractivity contribution in [2.45, 2.75) is 101 Å². The van der Waals surface area contributed by atoms with Gasteiger partial charge < -0.3 is 55.5 Å². The molecule has 0 bridgehead atoms. The monoisotopic (exact) mass is 997 g/mol. The van der Waals surface area contributed by atoms with Crippen molar-refractivity contribution in [1.29, 1.82) is 0 Å². The van der Waals surface area contributed by atoms with Gasteiger partial charge in [0.2, 0.25) is 35.4 Å². The molecule has 1 saturated carbocycles. The van der Waals surface area contributed by atoms with E-state index in [1.807, 2.05) is 13.1 Å². The quantitative estimate of drug-likeness (QED) is 0.0766. The molecule has 20 nitrogen and oxygen atoms in total. The largest absolute Gasteiger partial charge is 0.416 e. The van der Waals surface area contributed by atoms with Crippen LogP contribution in [0.5, 0.6) is 0 Å². The van der Waals surface area contributed by atoms with Crippen LogP contribution in [0.15, 0.2) is 49.1 Å². The fourth-order valence-electron chi connectivity index (χ4n) is 9.27. The average Bonchev–Trinajstić information content (AvgIpc) is 3.86. The van der Waals surface area contributed by atoms with Crippen molar-refractivity contribution in [3.63, 3.8) is 0 Å². The Balaban J connectivity index is 0.822. The van der Waals surface area contributed by atoms with Gasteiger partial charge in [-0.3, -0.25) is 33.8 Å². The van der Waals surface area contributed by atoms with Gasteiger partial charge in [0.05, 0.1) is 68.2 Å². The number of pyridine rings is 1. The van der Waals surface area contributed by atoms with E-state index in [1.54, 1.807) is 35.3 Å². The molecular weight excluding hydrogens is 932 g/mol. The average molecular weight is 998 g/mol. The highest BCUT2D eigenvalue weighted by molar-refractivity contribution is 5.93. The van der Waals surface area contributed by atoms with Crippen LogP contribution in [0.4, 0.5) is 19.0 Å². The van der Waals surface area contributed by atoms with Crippen molar-refractivity contribution in [2.24, 2.45) is 5.92 Å². The van der Waals surface area contributed by atoms with Crippen LogP contribution in [-0.4, -0.2) is 175 Å². The van der Waals surface area contributed by atoms with Gasteiger partial charge in [-0.05, 0) is 76.4 Å². The molecule has 23 heteroatoms. The van der Waals surface area contributed by atoms with E-state index in [1.165, 1.54) is 12.4 Å². The maximum Gasteiger partial charge on any atom is 0.416 e. The maximum atomic E-state index is 13.9. The van der Waals surface area contributed by atoms with Gasteiger partial charge >= 0.3 is 6.18 Å². The van der Waals surface area contributed by atoms with Crippen LogP contribution in [-0.2, 0) is 49.2 Å². The van der Waals surface area contributed by atoms with E-state index in [9.17, 15) is 41.9 Å². The highest BCUT2D eigenvalue weighted by atomic mass is 19.4. The second-order valence-corrected chi connectivity index (χ2v) is 18.3. The molecule has 6 rings (SSSR count). The molecule has 2 aromatic heterocycles. The third-order valence-electron chi connectivity index (χ3n) is 13.2. The Bertz CT molecular complexity index is 2300. The molecule has 0 spiro atoms. The van der Waals surface area contributed by atoms with E-state index in [0.717, 1.165) is 24.1 Å². The number of anilines is 1. The third-order valence-corrected chi connectivity index (χ3v) is 13.2. The zero-order valence-corrected chi connectivity index (χ0v) is 40.7. The molecule has 388 valence electrons. The van der Waals surface area contributed by atoms with Crippen molar-refractivity contribution in [1.82, 2.24) is 50.9 Å². The first-order valence-corrected chi connectivity index (χ1v) is 24.1. The number of carbonyl (C=O) groups excluding carboxylic acids is 6. The topological polar surface area (TPSA) is 239 Å². The Hall–Kier alpha value is -6.04. The molecule has 3 aliphatic rings. The van der Waals surface area contributed by atoms with Gasteiger partial charge in [-0.15, -0.1) is 0 Å². The normalized spacial score (nSPS) is 21.5. The summed E-state index contributed by atoms with van der Waals surface area (Å²) in [6, 6.07) is 5.37. The van der Waals surface area contributed by atoms with Crippen LogP contribution in [0.2, 0.25) is 0 Å².